The molecule has 3 rings (SSSR count). The predicted octanol–water partition coefficient (Wildman–Crippen LogP) is 4.73. The Hall–Kier alpha value is -3.71. The summed E-state index contributed by atoms with van der Waals surface area (Å²) in [4.78, 5) is 25.5. The molecule has 1 heterocycles. The first-order chi connectivity index (χ1) is 18.4. The van der Waals surface area contributed by atoms with E-state index < -0.39 is 5.91 Å². The molecule has 0 aliphatic carbocycles. The van der Waals surface area contributed by atoms with Gasteiger partial charge in [-0.3, -0.25) is 14.9 Å². The fourth-order valence-electron chi connectivity index (χ4n) is 3.23. The quantitative estimate of drug-likeness (QED) is 0.210. The van der Waals surface area contributed by atoms with E-state index in [1.807, 2.05) is 20.8 Å². The number of amides is 2. The molecule has 0 bridgehead atoms. The number of anilines is 2. The summed E-state index contributed by atoms with van der Waals surface area (Å²) in [6.07, 6.45) is 0. The Morgan fingerprint density at radius 2 is 1.55 bits per heavy atom. The van der Waals surface area contributed by atoms with Gasteiger partial charge in [-0.05, 0) is 45.0 Å². The van der Waals surface area contributed by atoms with Crippen LogP contribution in [0, 0.1) is 0 Å². The minimum absolute atomic E-state index is 0.0806. The number of rotatable bonds is 14. The SMILES string of the molecule is CCOc1cc(C(=O)Nc2nnc(SCC(=O)Nc3cc(OC)ccc3OC)s2)cc(OCC)c1OCC. The summed E-state index contributed by atoms with van der Waals surface area (Å²) in [5.41, 5.74) is 0.812. The molecule has 38 heavy (non-hydrogen) atoms. The molecule has 0 spiro atoms. The van der Waals surface area contributed by atoms with Crippen LogP contribution < -0.4 is 34.3 Å². The van der Waals surface area contributed by atoms with Crippen molar-refractivity contribution in [2.24, 2.45) is 0 Å². The van der Waals surface area contributed by atoms with Crippen LogP contribution in [0.1, 0.15) is 31.1 Å². The third-order valence-electron chi connectivity index (χ3n) is 4.81. The van der Waals surface area contributed by atoms with Crippen molar-refractivity contribution in [2.75, 3.05) is 50.4 Å². The van der Waals surface area contributed by atoms with E-state index in [0.717, 1.165) is 11.3 Å². The number of ether oxygens (including phenoxy) is 5. The van der Waals surface area contributed by atoms with Crippen LogP contribution in [-0.2, 0) is 4.79 Å². The summed E-state index contributed by atoms with van der Waals surface area (Å²) in [6, 6.07) is 8.32. The Balaban J connectivity index is 1.65. The lowest BCUT2D eigenvalue weighted by molar-refractivity contribution is -0.113. The number of methoxy groups -OCH3 is 2. The van der Waals surface area contributed by atoms with Gasteiger partial charge in [0, 0.05) is 11.6 Å². The molecule has 0 atom stereocenters. The minimum atomic E-state index is -0.412. The molecule has 11 nitrogen and oxygen atoms in total. The maximum atomic E-state index is 13.0. The Kier molecular flexibility index (Phi) is 10.8. The number of nitrogens with one attached hydrogen (secondary N) is 2. The van der Waals surface area contributed by atoms with Gasteiger partial charge in [0.15, 0.2) is 15.8 Å². The van der Waals surface area contributed by atoms with Crippen LogP contribution in [-0.4, -0.2) is 61.8 Å². The van der Waals surface area contributed by atoms with Gasteiger partial charge in [0.25, 0.3) is 5.91 Å². The molecule has 3 aromatic rings. The van der Waals surface area contributed by atoms with Gasteiger partial charge in [-0.1, -0.05) is 23.1 Å². The van der Waals surface area contributed by atoms with Crippen molar-refractivity contribution in [3.05, 3.63) is 35.9 Å². The zero-order valence-electron chi connectivity index (χ0n) is 21.8. The lowest BCUT2D eigenvalue weighted by Crippen LogP contribution is -2.14. The summed E-state index contributed by atoms with van der Waals surface area (Å²) in [7, 11) is 3.06. The van der Waals surface area contributed by atoms with Crippen molar-refractivity contribution in [1.82, 2.24) is 10.2 Å². The van der Waals surface area contributed by atoms with E-state index in [0.29, 0.717) is 64.2 Å². The topological polar surface area (TPSA) is 130 Å². The van der Waals surface area contributed by atoms with Crippen LogP contribution in [0.25, 0.3) is 0 Å². The van der Waals surface area contributed by atoms with E-state index in [1.54, 1.807) is 37.4 Å². The van der Waals surface area contributed by atoms with Crippen LogP contribution in [0.2, 0.25) is 0 Å². The molecule has 0 saturated carbocycles. The van der Waals surface area contributed by atoms with Gasteiger partial charge >= 0.3 is 0 Å². The van der Waals surface area contributed by atoms with Crippen molar-refractivity contribution < 1.29 is 33.3 Å². The summed E-state index contributed by atoms with van der Waals surface area (Å²) in [6.45, 7) is 6.75. The average molecular weight is 563 g/mol. The Labute approximate surface area is 229 Å². The molecule has 0 fully saturated rings. The molecular formula is C25H30N4O7S2. The molecule has 2 amide bonds. The van der Waals surface area contributed by atoms with E-state index in [4.69, 9.17) is 23.7 Å². The standard InChI is InChI=1S/C25H30N4O7S2/c1-6-34-19-11-15(12-20(35-7-2)22(19)36-8-3)23(31)27-24-28-29-25(38-24)37-14-21(30)26-17-13-16(32-4)9-10-18(17)33-5/h9-13H,6-8,14H2,1-5H3,(H,26,30)(H,27,28,31). The first kappa shape index (κ1) is 28.9. The van der Waals surface area contributed by atoms with Gasteiger partial charge in [-0.25, -0.2) is 0 Å². The molecule has 2 aromatic carbocycles. The van der Waals surface area contributed by atoms with Crippen molar-refractivity contribution in [1.29, 1.82) is 0 Å². The molecule has 0 unspecified atom stereocenters. The number of thioether (sulfide) groups is 1. The zero-order valence-corrected chi connectivity index (χ0v) is 23.4. The highest BCUT2D eigenvalue weighted by molar-refractivity contribution is 8.01. The van der Waals surface area contributed by atoms with Gasteiger partial charge in [0.2, 0.25) is 16.8 Å². The van der Waals surface area contributed by atoms with Crippen LogP contribution in [0.4, 0.5) is 10.8 Å². The summed E-state index contributed by atoms with van der Waals surface area (Å²) < 4.78 is 28.1. The largest absolute Gasteiger partial charge is 0.497 e. The zero-order chi connectivity index (χ0) is 27.5. The number of hydrogen-bond acceptors (Lipinski definition) is 11. The minimum Gasteiger partial charge on any atom is -0.497 e. The van der Waals surface area contributed by atoms with Gasteiger partial charge in [-0.2, -0.15) is 0 Å². The lowest BCUT2D eigenvalue weighted by Gasteiger charge is -2.16. The fourth-order valence-corrected chi connectivity index (χ4v) is 4.78. The number of benzene rings is 2. The first-order valence-corrected chi connectivity index (χ1v) is 13.6. The van der Waals surface area contributed by atoms with E-state index in [9.17, 15) is 9.59 Å². The molecule has 0 saturated heterocycles. The smallest absolute Gasteiger partial charge is 0.257 e. The van der Waals surface area contributed by atoms with Crippen molar-refractivity contribution in [2.45, 2.75) is 25.1 Å². The number of carbonyl (C=O) groups excluding carboxylic acids is 2. The molecule has 2 N–H and O–H groups in total. The van der Waals surface area contributed by atoms with Gasteiger partial charge in [0.1, 0.15) is 11.5 Å². The van der Waals surface area contributed by atoms with Crippen molar-refractivity contribution in [3.8, 4) is 28.7 Å². The maximum Gasteiger partial charge on any atom is 0.257 e. The third-order valence-corrected chi connectivity index (χ3v) is 6.78. The second kappa shape index (κ2) is 14.3. The lowest BCUT2D eigenvalue weighted by atomic mass is 10.1. The van der Waals surface area contributed by atoms with E-state index >= 15 is 0 Å². The van der Waals surface area contributed by atoms with Gasteiger partial charge < -0.3 is 29.0 Å². The molecule has 0 radical (unpaired) electrons. The second-order valence-corrected chi connectivity index (χ2v) is 9.53. The molecule has 204 valence electrons. The van der Waals surface area contributed by atoms with Crippen LogP contribution >= 0.6 is 23.1 Å². The Bertz CT molecular complexity index is 1230. The summed E-state index contributed by atoms with van der Waals surface area (Å²) >= 11 is 2.35. The molecule has 0 aliphatic heterocycles. The van der Waals surface area contributed by atoms with Gasteiger partial charge in [0.05, 0.1) is 45.5 Å². The highest BCUT2D eigenvalue weighted by Gasteiger charge is 2.20. The average Bonchev–Trinajstić information content (AvgIpc) is 3.36. The first-order valence-electron chi connectivity index (χ1n) is 11.8. The predicted molar refractivity (Wildman–Crippen MR) is 147 cm³/mol. The van der Waals surface area contributed by atoms with Crippen LogP contribution in [0.15, 0.2) is 34.7 Å². The highest BCUT2D eigenvalue weighted by atomic mass is 32.2. The van der Waals surface area contributed by atoms with Crippen LogP contribution in [0.5, 0.6) is 28.7 Å². The van der Waals surface area contributed by atoms with Crippen LogP contribution in [0.3, 0.4) is 0 Å². The molecule has 13 heteroatoms. The molecule has 0 aliphatic rings. The van der Waals surface area contributed by atoms with Crippen molar-refractivity contribution in [3.63, 3.8) is 0 Å². The molecular weight excluding hydrogens is 532 g/mol. The summed E-state index contributed by atoms with van der Waals surface area (Å²) in [5.74, 6) is 1.79. The van der Waals surface area contributed by atoms with Crippen molar-refractivity contribution >= 4 is 45.7 Å². The van der Waals surface area contributed by atoms with E-state index in [-0.39, 0.29) is 16.8 Å². The number of carbonyl (C=O) groups is 2. The Morgan fingerprint density at radius 3 is 2.16 bits per heavy atom. The second-order valence-electron chi connectivity index (χ2n) is 7.33. The van der Waals surface area contributed by atoms with E-state index in [2.05, 4.69) is 20.8 Å². The Morgan fingerprint density at radius 1 is 0.868 bits per heavy atom. The monoisotopic (exact) mass is 562 g/mol. The number of hydrogen-bond donors (Lipinski definition) is 2. The third kappa shape index (κ3) is 7.65. The maximum absolute atomic E-state index is 13.0. The number of aromatic nitrogens is 2. The van der Waals surface area contributed by atoms with Gasteiger partial charge in [-0.15, -0.1) is 10.2 Å². The normalized spacial score (nSPS) is 10.4. The highest BCUT2D eigenvalue weighted by Crippen LogP contribution is 2.39. The fraction of sp³-hybridized carbons (Fsp3) is 0.360. The van der Waals surface area contributed by atoms with E-state index in [1.165, 1.54) is 18.9 Å². The summed E-state index contributed by atoms with van der Waals surface area (Å²) in [5, 5.41) is 13.9. The molecule has 1 aromatic heterocycles. The number of nitrogens with zero attached hydrogens (tertiary/aromatic N) is 2.